The number of nitrogens with zero attached hydrogens (tertiary/aromatic N) is 2. The molecule has 0 spiro atoms. The van der Waals surface area contributed by atoms with Gasteiger partial charge in [0, 0.05) is 31.3 Å². The Bertz CT molecular complexity index is 769. The van der Waals surface area contributed by atoms with E-state index in [1.165, 1.54) is 11.0 Å². The van der Waals surface area contributed by atoms with Gasteiger partial charge in [-0.3, -0.25) is 24.5 Å². The number of likely N-dealkylation sites (N-methyl/N-ethyl adjacent to an activating group) is 1. The Morgan fingerprint density at radius 2 is 2.00 bits per heavy atom. The first-order valence-electron chi connectivity index (χ1n) is 8.72. The quantitative estimate of drug-likeness (QED) is 0.633. The van der Waals surface area contributed by atoms with E-state index < -0.39 is 11.9 Å². The van der Waals surface area contributed by atoms with Gasteiger partial charge in [-0.15, -0.1) is 0 Å². The van der Waals surface area contributed by atoms with Gasteiger partial charge < -0.3 is 9.80 Å². The summed E-state index contributed by atoms with van der Waals surface area (Å²) < 4.78 is 0. The van der Waals surface area contributed by atoms with Crippen molar-refractivity contribution in [3.63, 3.8) is 0 Å². The van der Waals surface area contributed by atoms with Crippen LogP contribution in [0.25, 0.3) is 6.08 Å². The molecule has 2 aliphatic rings. The molecule has 0 saturated carbocycles. The molecule has 0 bridgehead atoms. The van der Waals surface area contributed by atoms with Gasteiger partial charge in [-0.05, 0) is 37.1 Å². The molecule has 1 N–H and O–H groups in total. The maximum atomic E-state index is 12.4. The lowest BCUT2D eigenvalue weighted by Gasteiger charge is -2.23. The highest BCUT2D eigenvalue weighted by Gasteiger charge is 2.36. The van der Waals surface area contributed by atoms with Gasteiger partial charge in [0.25, 0.3) is 0 Å². The van der Waals surface area contributed by atoms with Crippen LogP contribution in [0.5, 0.6) is 0 Å². The van der Waals surface area contributed by atoms with Crippen LogP contribution in [0.1, 0.15) is 31.7 Å². The first kappa shape index (κ1) is 17.8. The van der Waals surface area contributed by atoms with E-state index in [1.807, 2.05) is 24.3 Å². The Kier molecular flexibility index (Phi) is 5.16. The molecule has 7 heteroatoms. The van der Waals surface area contributed by atoms with E-state index in [9.17, 15) is 19.2 Å². The Labute approximate surface area is 151 Å². The number of hydrogen-bond acceptors (Lipinski definition) is 4. The molecule has 1 aromatic rings. The van der Waals surface area contributed by atoms with E-state index in [0.29, 0.717) is 13.0 Å². The fourth-order valence-corrected chi connectivity index (χ4v) is 3.27. The van der Waals surface area contributed by atoms with Crippen LogP contribution in [0.15, 0.2) is 30.3 Å². The summed E-state index contributed by atoms with van der Waals surface area (Å²) in [7, 11) is 0. The smallest absolute Gasteiger partial charge is 0.249 e. The number of amides is 4. The molecule has 0 radical (unpaired) electrons. The highest BCUT2D eigenvalue weighted by atomic mass is 16.2. The summed E-state index contributed by atoms with van der Waals surface area (Å²) in [5.41, 5.74) is 1.67. The summed E-state index contributed by atoms with van der Waals surface area (Å²) in [6.45, 7) is 2.84. The normalized spacial score (nSPS) is 20.1. The average Bonchev–Trinajstić information content (AvgIpc) is 3.19. The minimum atomic E-state index is -0.742. The predicted octanol–water partition coefficient (Wildman–Crippen LogP) is 1.09. The van der Waals surface area contributed by atoms with Gasteiger partial charge in [-0.1, -0.05) is 12.1 Å². The Hall–Kier alpha value is -2.96. The summed E-state index contributed by atoms with van der Waals surface area (Å²) in [6, 6.07) is 6.65. The standard InChI is InChI=1S/C19H21N3O4/c1-2-21(15-12-16(23)20-19(15)26)18(25)10-7-13-5-8-14(9-6-13)22-11-3-4-17(22)24/h5-10,15H,2-4,11-12H2,1H3,(H,20,23,26)/b10-7+/t15-/m0/s1. The van der Waals surface area contributed by atoms with Crippen LogP contribution in [0.4, 0.5) is 5.69 Å². The second kappa shape index (κ2) is 7.51. The number of anilines is 1. The molecule has 0 aromatic heterocycles. The minimum Gasteiger partial charge on any atom is -0.327 e. The molecule has 26 heavy (non-hydrogen) atoms. The van der Waals surface area contributed by atoms with E-state index in [-0.39, 0.29) is 24.1 Å². The van der Waals surface area contributed by atoms with E-state index in [1.54, 1.807) is 17.9 Å². The Morgan fingerprint density at radius 1 is 1.27 bits per heavy atom. The zero-order chi connectivity index (χ0) is 18.7. The zero-order valence-corrected chi connectivity index (χ0v) is 14.6. The van der Waals surface area contributed by atoms with E-state index in [4.69, 9.17) is 0 Å². The monoisotopic (exact) mass is 355 g/mol. The van der Waals surface area contributed by atoms with Crippen molar-refractivity contribution in [3.05, 3.63) is 35.9 Å². The molecular weight excluding hydrogens is 334 g/mol. The lowest BCUT2D eigenvalue weighted by atomic mass is 10.1. The van der Waals surface area contributed by atoms with Gasteiger partial charge in [-0.25, -0.2) is 0 Å². The van der Waals surface area contributed by atoms with Gasteiger partial charge in [0.15, 0.2) is 0 Å². The topological polar surface area (TPSA) is 86.8 Å². The highest BCUT2D eigenvalue weighted by molar-refractivity contribution is 6.07. The van der Waals surface area contributed by atoms with Crippen molar-refractivity contribution in [2.24, 2.45) is 0 Å². The summed E-state index contributed by atoms with van der Waals surface area (Å²) in [6.07, 6.45) is 4.52. The van der Waals surface area contributed by atoms with Crippen molar-refractivity contribution < 1.29 is 19.2 Å². The van der Waals surface area contributed by atoms with Crippen LogP contribution in [-0.4, -0.2) is 47.7 Å². The van der Waals surface area contributed by atoms with E-state index in [0.717, 1.165) is 24.2 Å². The van der Waals surface area contributed by atoms with Gasteiger partial charge in [-0.2, -0.15) is 0 Å². The number of hydrogen-bond donors (Lipinski definition) is 1. The molecule has 2 aliphatic heterocycles. The van der Waals surface area contributed by atoms with Gasteiger partial charge in [0.05, 0.1) is 6.42 Å². The highest BCUT2D eigenvalue weighted by Crippen LogP contribution is 2.22. The molecule has 4 amide bonds. The van der Waals surface area contributed by atoms with Crippen LogP contribution in [0, 0.1) is 0 Å². The van der Waals surface area contributed by atoms with E-state index in [2.05, 4.69) is 5.32 Å². The van der Waals surface area contributed by atoms with E-state index >= 15 is 0 Å². The second-order valence-electron chi connectivity index (χ2n) is 6.33. The lowest BCUT2D eigenvalue weighted by Crippen LogP contribution is -2.43. The first-order chi connectivity index (χ1) is 12.5. The third kappa shape index (κ3) is 3.66. The van der Waals surface area contributed by atoms with Crippen molar-refractivity contribution in [1.82, 2.24) is 10.2 Å². The van der Waals surface area contributed by atoms with Crippen molar-refractivity contribution >= 4 is 35.4 Å². The molecule has 136 valence electrons. The molecule has 0 aliphatic carbocycles. The van der Waals surface area contributed by atoms with Crippen LogP contribution in [0.3, 0.4) is 0 Å². The summed E-state index contributed by atoms with van der Waals surface area (Å²) in [4.78, 5) is 50.4. The van der Waals surface area contributed by atoms with Crippen LogP contribution < -0.4 is 10.2 Å². The molecule has 1 aromatic carbocycles. The summed E-state index contributed by atoms with van der Waals surface area (Å²) in [5.74, 6) is -0.979. The third-order valence-electron chi connectivity index (χ3n) is 4.64. The molecule has 3 rings (SSSR count). The van der Waals surface area contributed by atoms with Gasteiger partial charge >= 0.3 is 0 Å². The molecule has 7 nitrogen and oxygen atoms in total. The van der Waals surface area contributed by atoms with Crippen LogP contribution >= 0.6 is 0 Å². The van der Waals surface area contributed by atoms with Crippen LogP contribution in [0.2, 0.25) is 0 Å². The third-order valence-corrected chi connectivity index (χ3v) is 4.64. The van der Waals surface area contributed by atoms with Crippen LogP contribution in [-0.2, 0) is 19.2 Å². The predicted molar refractivity (Wildman–Crippen MR) is 96.0 cm³/mol. The van der Waals surface area contributed by atoms with Crippen molar-refractivity contribution in [2.45, 2.75) is 32.2 Å². The lowest BCUT2D eigenvalue weighted by molar-refractivity contribution is -0.135. The zero-order valence-electron chi connectivity index (χ0n) is 14.6. The van der Waals surface area contributed by atoms with Crippen molar-refractivity contribution in [3.8, 4) is 0 Å². The Morgan fingerprint density at radius 3 is 2.54 bits per heavy atom. The Balaban J connectivity index is 1.66. The molecular formula is C19H21N3O4. The molecule has 1 atom stereocenters. The molecule has 2 fully saturated rings. The summed E-state index contributed by atoms with van der Waals surface area (Å²) in [5, 5.41) is 2.22. The summed E-state index contributed by atoms with van der Waals surface area (Å²) >= 11 is 0. The fourth-order valence-electron chi connectivity index (χ4n) is 3.27. The largest absolute Gasteiger partial charge is 0.327 e. The SMILES string of the molecule is CCN(C(=O)/C=C/c1ccc(N2CCCC2=O)cc1)[C@H]1CC(=O)NC1=O. The van der Waals surface area contributed by atoms with Crippen molar-refractivity contribution in [2.75, 3.05) is 18.0 Å². The van der Waals surface area contributed by atoms with Crippen molar-refractivity contribution in [1.29, 1.82) is 0 Å². The molecule has 2 heterocycles. The number of rotatable bonds is 5. The van der Waals surface area contributed by atoms with Gasteiger partial charge in [0.2, 0.25) is 23.6 Å². The number of carbonyl (C=O) groups excluding carboxylic acids is 4. The molecule has 2 saturated heterocycles. The number of benzene rings is 1. The maximum Gasteiger partial charge on any atom is 0.249 e. The maximum absolute atomic E-state index is 12.4. The molecule has 0 unspecified atom stereocenters. The van der Waals surface area contributed by atoms with Gasteiger partial charge in [0.1, 0.15) is 6.04 Å². The average molecular weight is 355 g/mol. The second-order valence-corrected chi connectivity index (χ2v) is 6.33. The number of nitrogens with one attached hydrogen (secondary N) is 1. The number of imide groups is 1. The number of carbonyl (C=O) groups is 4. The minimum absolute atomic E-state index is 0.00478. The fraction of sp³-hybridized carbons (Fsp3) is 0.368. The first-order valence-corrected chi connectivity index (χ1v) is 8.72.